The largest absolute Gasteiger partial charge is 0.466 e. The number of nitrogens with one attached hydrogen (secondary N) is 1. The van der Waals surface area contributed by atoms with Crippen LogP contribution in [0.4, 0.5) is 0 Å². The Bertz CT molecular complexity index is 1270. The van der Waals surface area contributed by atoms with Crippen LogP contribution in [-0.4, -0.2) is 51.0 Å². The van der Waals surface area contributed by atoms with Crippen LogP contribution in [-0.2, 0) is 26.8 Å². The minimum absolute atomic E-state index is 0.229. The van der Waals surface area contributed by atoms with Crippen molar-refractivity contribution in [3.8, 4) is 0 Å². The topological polar surface area (TPSA) is 54.6 Å². The lowest BCUT2D eigenvalue weighted by Gasteiger charge is -2.36. The van der Waals surface area contributed by atoms with Gasteiger partial charge in [-0.15, -0.1) is 0 Å². The number of hydrogen-bond donors (Lipinski definition) is 1. The first-order valence-electron chi connectivity index (χ1n) is 13.9. The van der Waals surface area contributed by atoms with Crippen LogP contribution >= 0.6 is 0 Å². The van der Waals surface area contributed by atoms with Crippen molar-refractivity contribution in [3.63, 3.8) is 0 Å². The number of hydrogen-bond acceptors (Lipinski definition) is 4. The minimum atomic E-state index is -1.75. The third-order valence-corrected chi connectivity index (χ3v) is 13.0. The molecule has 5 nitrogen and oxygen atoms in total. The van der Waals surface area contributed by atoms with Gasteiger partial charge in [0.15, 0.2) is 8.32 Å². The van der Waals surface area contributed by atoms with Gasteiger partial charge in [0.25, 0.3) is 0 Å². The predicted octanol–water partition coefficient (Wildman–Crippen LogP) is 7.30. The van der Waals surface area contributed by atoms with Crippen molar-refractivity contribution in [2.45, 2.75) is 70.6 Å². The van der Waals surface area contributed by atoms with E-state index < -0.39 is 8.32 Å². The van der Waals surface area contributed by atoms with Crippen molar-refractivity contribution >= 4 is 31.3 Å². The fourth-order valence-corrected chi connectivity index (χ4v) is 6.26. The second-order valence-corrected chi connectivity index (χ2v) is 16.8. The smallest absolute Gasteiger partial charge is 0.330 e. The van der Waals surface area contributed by atoms with Gasteiger partial charge in [0.1, 0.15) is 0 Å². The maximum atomic E-state index is 11.5. The van der Waals surface area contributed by atoms with E-state index in [0.29, 0.717) is 6.04 Å². The van der Waals surface area contributed by atoms with Crippen molar-refractivity contribution in [3.05, 3.63) is 77.0 Å². The molecule has 0 amide bonds. The fraction of sp³-hybridized carbons (Fsp3) is 0.469. The third-order valence-electron chi connectivity index (χ3n) is 8.47. The first-order chi connectivity index (χ1) is 18.1. The molecule has 2 aromatic carbocycles. The molecule has 1 aliphatic rings. The molecule has 1 heterocycles. The molecule has 38 heavy (non-hydrogen) atoms. The van der Waals surface area contributed by atoms with E-state index >= 15 is 0 Å². The van der Waals surface area contributed by atoms with Crippen LogP contribution in [0.5, 0.6) is 0 Å². The molecule has 0 saturated carbocycles. The highest BCUT2D eigenvalue weighted by atomic mass is 28.4. The number of fused-ring (bicyclic) bond motifs is 2. The van der Waals surface area contributed by atoms with Crippen molar-refractivity contribution in [2.24, 2.45) is 0 Å². The van der Waals surface area contributed by atoms with Gasteiger partial charge in [0.2, 0.25) is 0 Å². The molecule has 0 bridgehead atoms. The van der Waals surface area contributed by atoms with Crippen LogP contribution in [0.1, 0.15) is 61.9 Å². The number of aromatic nitrogens is 1. The Hall–Kier alpha value is -2.67. The van der Waals surface area contributed by atoms with Crippen molar-refractivity contribution in [1.29, 1.82) is 0 Å². The van der Waals surface area contributed by atoms with Gasteiger partial charge in [0.05, 0.1) is 7.11 Å². The van der Waals surface area contributed by atoms with Gasteiger partial charge < -0.3 is 14.1 Å². The fourth-order valence-electron chi connectivity index (χ4n) is 5.17. The molecule has 6 heteroatoms. The molecule has 1 atom stereocenters. The van der Waals surface area contributed by atoms with Gasteiger partial charge in [-0.25, -0.2) is 4.79 Å². The number of carbonyl (C=O) groups is 1. The number of H-pyrrole nitrogens is 1. The van der Waals surface area contributed by atoms with Gasteiger partial charge in [0, 0.05) is 48.9 Å². The number of benzene rings is 2. The van der Waals surface area contributed by atoms with Crippen LogP contribution in [0.2, 0.25) is 18.1 Å². The minimum Gasteiger partial charge on any atom is -0.466 e. The maximum Gasteiger partial charge on any atom is 0.330 e. The predicted molar refractivity (Wildman–Crippen MR) is 160 cm³/mol. The summed E-state index contributed by atoms with van der Waals surface area (Å²) in [6.45, 7) is 14.4. The zero-order valence-corrected chi connectivity index (χ0v) is 25.0. The number of rotatable bonds is 11. The lowest BCUT2D eigenvalue weighted by molar-refractivity contribution is -0.134. The Kier molecular flexibility index (Phi) is 8.96. The Balaban J connectivity index is 1.48. The van der Waals surface area contributed by atoms with Gasteiger partial charge in [-0.3, -0.25) is 4.90 Å². The second kappa shape index (κ2) is 12.0. The Morgan fingerprint density at radius 1 is 1.16 bits per heavy atom. The summed E-state index contributed by atoms with van der Waals surface area (Å²) in [6, 6.07) is 15.6. The first-order valence-corrected chi connectivity index (χ1v) is 16.8. The van der Waals surface area contributed by atoms with E-state index in [-0.39, 0.29) is 11.0 Å². The van der Waals surface area contributed by atoms with Crippen molar-refractivity contribution in [2.75, 3.05) is 26.8 Å². The SMILES string of the molecule is COC(=O)/C=C/c1ccc2c(c1)CCC2N(CCCO[Si](C)(C)C(C)(C)C)CCc1c[nH]c2ccccc12. The molecular formula is C32H44N2O3Si. The van der Waals surface area contributed by atoms with Crippen LogP contribution in [0.3, 0.4) is 0 Å². The number of aryl methyl sites for hydroxylation is 1. The van der Waals surface area contributed by atoms with E-state index in [4.69, 9.17) is 9.16 Å². The average molecular weight is 533 g/mol. The molecule has 1 N–H and O–H groups in total. The summed E-state index contributed by atoms with van der Waals surface area (Å²) in [6.07, 6.45) is 9.73. The number of aromatic amines is 1. The molecule has 0 saturated heterocycles. The summed E-state index contributed by atoms with van der Waals surface area (Å²) < 4.78 is 11.3. The number of para-hydroxylation sites is 1. The molecule has 0 aliphatic heterocycles. The highest BCUT2D eigenvalue weighted by Gasteiger charge is 2.37. The van der Waals surface area contributed by atoms with Gasteiger partial charge in [-0.1, -0.05) is 57.2 Å². The molecule has 3 aromatic rings. The van der Waals surface area contributed by atoms with Crippen molar-refractivity contribution < 1.29 is 14.0 Å². The molecule has 1 aromatic heterocycles. The highest BCUT2D eigenvalue weighted by molar-refractivity contribution is 6.74. The summed E-state index contributed by atoms with van der Waals surface area (Å²) in [7, 11) is -0.341. The standard InChI is InChI=1S/C32H44N2O3Si/c1-32(2,3)38(5,6)37-21-9-19-34(20-18-26-23-33-29-11-8-7-10-27(26)29)30-16-14-25-22-24(12-15-28(25)30)13-17-31(35)36-4/h7-8,10-13,15,17,22-23,30,33H,9,14,16,18-21H2,1-6H3/b17-13+. The van der Waals surface area contributed by atoms with E-state index in [1.54, 1.807) is 0 Å². The molecular weight excluding hydrogens is 488 g/mol. The molecule has 1 aliphatic carbocycles. The summed E-state index contributed by atoms with van der Waals surface area (Å²) in [4.78, 5) is 17.6. The monoisotopic (exact) mass is 532 g/mol. The number of methoxy groups -OCH3 is 1. The molecule has 1 unspecified atom stereocenters. The van der Waals surface area contributed by atoms with E-state index in [1.165, 1.54) is 40.8 Å². The Labute approximate surface area is 229 Å². The summed E-state index contributed by atoms with van der Waals surface area (Å²) in [5.74, 6) is -0.327. The molecule has 0 spiro atoms. The highest BCUT2D eigenvalue weighted by Crippen LogP contribution is 2.38. The van der Waals surface area contributed by atoms with Crippen LogP contribution in [0.15, 0.2) is 54.7 Å². The number of carbonyl (C=O) groups excluding carboxylic acids is 1. The van der Waals surface area contributed by atoms with Crippen LogP contribution in [0.25, 0.3) is 17.0 Å². The lowest BCUT2D eigenvalue weighted by Crippen LogP contribution is -2.41. The molecule has 0 radical (unpaired) electrons. The zero-order chi connectivity index (χ0) is 27.3. The number of ether oxygens (including phenoxy) is 1. The number of esters is 1. The molecule has 0 fully saturated rings. The van der Waals surface area contributed by atoms with Gasteiger partial charge >= 0.3 is 5.97 Å². The Morgan fingerprint density at radius 3 is 2.71 bits per heavy atom. The summed E-state index contributed by atoms with van der Waals surface area (Å²) >= 11 is 0. The molecule has 4 rings (SSSR count). The van der Waals surface area contributed by atoms with E-state index in [2.05, 4.69) is 92.4 Å². The quantitative estimate of drug-likeness (QED) is 0.122. The maximum absolute atomic E-state index is 11.5. The number of nitrogens with zero attached hydrogens (tertiary/aromatic N) is 1. The Morgan fingerprint density at radius 2 is 1.95 bits per heavy atom. The second-order valence-electron chi connectivity index (χ2n) is 12.0. The summed E-state index contributed by atoms with van der Waals surface area (Å²) in [5, 5.41) is 1.55. The van der Waals surface area contributed by atoms with E-state index in [9.17, 15) is 4.79 Å². The van der Waals surface area contributed by atoms with E-state index in [0.717, 1.165) is 50.9 Å². The first kappa shape index (κ1) is 28.3. The third kappa shape index (κ3) is 6.66. The average Bonchev–Trinajstić information content (AvgIpc) is 3.50. The van der Waals surface area contributed by atoms with Crippen LogP contribution in [0, 0.1) is 0 Å². The molecule has 204 valence electrons. The van der Waals surface area contributed by atoms with Gasteiger partial charge in [-0.05, 0) is 78.2 Å². The van der Waals surface area contributed by atoms with Crippen LogP contribution < -0.4 is 0 Å². The van der Waals surface area contributed by atoms with E-state index in [1.807, 2.05) is 6.08 Å². The lowest BCUT2D eigenvalue weighted by atomic mass is 10.0. The normalized spacial score (nSPS) is 16.0. The summed E-state index contributed by atoms with van der Waals surface area (Å²) in [5.41, 5.74) is 6.43. The zero-order valence-electron chi connectivity index (χ0n) is 24.0. The van der Waals surface area contributed by atoms with Gasteiger partial charge in [-0.2, -0.15) is 0 Å². The van der Waals surface area contributed by atoms with Crippen molar-refractivity contribution in [1.82, 2.24) is 9.88 Å².